The Kier molecular flexibility index (Phi) is 4.63. The molecule has 0 radical (unpaired) electrons. The molecule has 1 amide bonds. The fourth-order valence-electron chi connectivity index (χ4n) is 1.73. The average molecular weight is 260 g/mol. The van der Waals surface area contributed by atoms with Gasteiger partial charge in [0.15, 0.2) is 0 Å². The zero-order chi connectivity index (χ0) is 13.5. The fourth-order valence-corrected chi connectivity index (χ4v) is 1.73. The van der Waals surface area contributed by atoms with Crippen LogP contribution in [0.1, 0.15) is 25.0 Å². The summed E-state index contributed by atoms with van der Waals surface area (Å²) in [5.41, 5.74) is 1.54. The molecule has 0 spiro atoms. The van der Waals surface area contributed by atoms with Crippen molar-refractivity contribution >= 4 is 12.1 Å². The van der Waals surface area contributed by atoms with E-state index in [2.05, 4.69) is 15.4 Å². The highest BCUT2D eigenvalue weighted by molar-refractivity contribution is 5.71. The molecule has 100 valence electrons. The van der Waals surface area contributed by atoms with Crippen LogP contribution in [0.25, 0.3) is 0 Å². The first-order chi connectivity index (χ1) is 9.35. The molecule has 0 saturated carbocycles. The van der Waals surface area contributed by atoms with Gasteiger partial charge in [-0.3, -0.25) is 9.63 Å². The summed E-state index contributed by atoms with van der Waals surface area (Å²) >= 11 is 0. The van der Waals surface area contributed by atoms with Gasteiger partial charge in [-0.05, 0) is 18.6 Å². The topological polar surface area (TPSA) is 71.1 Å². The number of anilines is 1. The van der Waals surface area contributed by atoms with E-state index in [9.17, 15) is 4.79 Å². The van der Waals surface area contributed by atoms with Gasteiger partial charge < -0.3 is 0 Å². The molecule has 0 bridgehead atoms. The molecule has 1 atom stereocenters. The standard InChI is InChI=1S/C13H16N4O2/c1-2-11(13-8-14-16-15-13)9-19-17(10-18)12-6-4-3-5-7-12/h3-8,10-11H,2,9H2,1H3,(H,14,15,16). The highest BCUT2D eigenvalue weighted by Gasteiger charge is 2.15. The molecule has 2 rings (SSSR count). The molecule has 2 aromatic rings. The van der Waals surface area contributed by atoms with Gasteiger partial charge in [0, 0.05) is 5.92 Å². The zero-order valence-corrected chi connectivity index (χ0v) is 10.7. The zero-order valence-electron chi connectivity index (χ0n) is 10.7. The molecule has 6 nitrogen and oxygen atoms in total. The molecule has 1 heterocycles. The van der Waals surface area contributed by atoms with Crippen molar-refractivity contribution in [3.8, 4) is 0 Å². The quantitative estimate of drug-likeness (QED) is 0.609. The number of H-pyrrole nitrogens is 1. The summed E-state index contributed by atoms with van der Waals surface area (Å²) in [6.45, 7) is 2.41. The summed E-state index contributed by atoms with van der Waals surface area (Å²) in [6.07, 6.45) is 3.18. The molecule has 1 unspecified atom stereocenters. The third-order valence-electron chi connectivity index (χ3n) is 2.87. The first kappa shape index (κ1) is 13.2. The molecule has 19 heavy (non-hydrogen) atoms. The Morgan fingerprint density at radius 1 is 1.42 bits per heavy atom. The number of hydrogen-bond acceptors (Lipinski definition) is 4. The molecule has 0 aliphatic carbocycles. The van der Waals surface area contributed by atoms with Crippen LogP contribution in [0, 0.1) is 0 Å². The van der Waals surface area contributed by atoms with Crippen LogP contribution in [0.3, 0.4) is 0 Å². The van der Waals surface area contributed by atoms with Gasteiger partial charge in [0.1, 0.15) is 0 Å². The first-order valence-electron chi connectivity index (χ1n) is 6.13. The normalized spacial score (nSPS) is 12.1. The van der Waals surface area contributed by atoms with E-state index in [0.717, 1.165) is 12.1 Å². The lowest BCUT2D eigenvalue weighted by Crippen LogP contribution is -2.24. The molecule has 0 aliphatic rings. The molecule has 0 aliphatic heterocycles. The highest BCUT2D eigenvalue weighted by atomic mass is 16.7. The highest BCUT2D eigenvalue weighted by Crippen LogP contribution is 2.19. The average Bonchev–Trinajstić information content (AvgIpc) is 2.99. The SMILES string of the molecule is CCC(CON(C=O)c1ccccc1)c1cn[nH]n1. The molecular weight excluding hydrogens is 244 g/mol. The number of amides is 1. The van der Waals surface area contributed by atoms with Crippen LogP contribution in [0.4, 0.5) is 5.69 Å². The summed E-state index contributed by atoms with van der Waals surface area (Å²) in [5, 5.41) is 11.6. The van der Waals surface area contributed by atoms with Crippen molar-refractivity contribution < 1.29 is 9.63 Å². The van der Waals surface area contributed by atoms with Crippen LogP contribution >= 0.6 is 0 Å². The number of hydrogen-bond donors (Lipinski definition) is 1. The lowest BCUT2D eigenvalue weighted by atomic mass is 10.1. The second-order valence-electron chi connectivity index (χ2n) is 4.06. The maximum atomic E-state index is 11.1. The first-order valence-corrected chi connectivity index (χ1v) is 6.13. The number of carbonyl (C=O) groups is 1. The van der Waals surface area contributed by atoms with Gasteiger partial charge in [-0.25, -0.2) is 0 Å². The number of nitrogens with one attached hydrogen (secondary N) is 1. The molecule has 1 N–H and O–H groups in total. The van der Waals surface area contributed by atoms with E-state index in [0.29, 0.717) is 18.7 Å². The maximum absolute atomic E-state index is 11.1. The minimum absolute atomic E-state index is 0.102. The van der Waals surface area contributed by atoms with Gasteiger partial charge in [-0.1, -0.05) is 25.1 Å². The predicted octanol–water partition coefficient (Wildman–Crippen LogP) is 1.89. The lowest BCUT2D eigenvalue weighted by molar-refractivity contribution is -0.114. The number of rotatable bonds is 7. The lowest BCUT2D eigenvalue weighted by Gasteiger charge is -2.19. The van der Waals surface area contributed by atoms with E-state index in [1.807, 2.05) is 37.3 Å². The van der Waals surface area contributed by atoms with Crippen LogP contribution in [0.5, 0.6) is 0 Å². The largest absolute Gasteiger partial charge is 0.276 e. The van der Waals surface area contributed by atoms with E-state index in [1.54, 1.807) is 6.20 Å². The van der Waals surface area contributed by atoms with Gasteiger partial charge in [-0.15, -0.1) is 0 Å². The van der Waals surface area contributed by atoms with Crippen molar-refractivity contribution in [2.24, 2.45) is 0 Å². The summed E-state index contributed by atoms with van der Waals surface area (Å²) < 4.78 is 0. The Balaban J connectivity index is 1.98. The van der Waals surface area contributed by atoms with E-state index in [-0.39, 0.29) is 5.92 Å². The van der Waals surface area contributed by atoms with Gasteiger partial charge in [0.2, 0.25) is 6.41 Å². The van der Waals surface area contributed by atoms with Crippen LogP contribution in [0.2, 0.25) is 0 Å². The molecule has 1 aromatic heterocycles. The van der Waals surface area contributed by atoms with E-state index in [4.69, 9.17) is 4.84 Å². The van der Waals surface area contributed by atoms with Crippen LogP contribution < -0.4 is 5.06 Å². The van der Waals surface area contributed by atoms with Gasteiger partial charge in [0.25, 0.3) is 0 Å². The molecule has 0 saturated heterocycles. The smallest absolute Gasteiger partial charge is 0.238 e. The molecular formula is C13H16N4O2. The van der Waals surface area contributed by atoms with Crippen molar-refractivity contribution in [2.45, 2.75) is 19.3 Å². The fraction of sp³-hybridized carbons (Fsp3) is 0.308. The number of hydroxylamine groups is 1. The minimum atomic E-state index is 0.102. The van der Waals surface area contributed by atoms with Gasteiger partial charge >= 0.3 is 0 Å². The molecule has 0 fully saturated rings. The van der Waals surface area contributed by atoms with E-state index in [1.165, 1.54) is 5.06 Å². The van der Waals surface area contributed by atoms with Crippen LogP contribution in [0.15, 0.2) is 36.5 Å². The Bertz CT molecular complexity index is 487. The molecule has 6 heteroatoms. The van der Waals surface area contributed by atoms with Crippen molar-refractivity contribution in [3.63, 3.8) is 0 Å². The third kappa shape index (κ3) is 3.38. The van der Waals surface area contributed by atoms with Crippen molar-refractivity contribution in [2.75, 3.05) is 11.7 Å². The number of para-hydroxylation sites is 1. The van der Waals surface area contributed by atoms with Crippen LogP contribution in [-0.2, 0) is 9.63 Å². The second kappa shape index (κ2) is 6.65. The summed E-state index contributed by atoms with van der Waals surface area (Å²) in [4.78, 5) is 16.6. The Morgan fingerprint density at radius 2 is 2.21 bits per heavy atom. The third-order valence-corrected chi connectivity index (χ3v) is 2.87. The Morgan fingerprint density at radius 3 is 2.79 bits per heavy atom. The number of aromatic amines is 1. The van der Waals surface area contributed by atoms with Crippen molar-refractivity contribution in [1.82, 2.24) is 15.4 Å². The number of carbonyl (C=O) groups excluding carboxylic acids is 1. The predicted molar refractivity (Wildman–Crippen MR) is 70.4 cm³/mol. The Labute approximate surface area is 111 Å². The minimum Gasteiger partial charge on any atom is -0.276 e. The summed E-state index contributed by atoms with van der Waals surface area (Å²) in [6, 6.07) is 9.21. The van der Waals surface area contributed by atoms with Crippen molar-refractivity contribution in [3.05, 3.63) is 42.2 Å². The maximum Gasteiger partial charge on any atom is 0.238 e. The van der Waals surface area contributed by atoms with E-state index < -0.39 is 0 Å². The van der Waals surface area contributed by atoms with Crippen LogP contribution in [-0.4, -0.2) is 28.4 Å². The number of nitrogens with zero attached hydrogens (tertiary/aromatic N) is 3. The van der Waals surface area contributed by atoms with Gasteiger partial charge in [-0.2, -0.15) is 20.5 Å². The Hall–Kier alpha value is -2.21. The number of benzene rings is 1. The van der Waals surface area contributed by atoms with Gasteiger partial charge in [0.05, 0.1) is 24.2 Å². The van der Waals surface area contributed by atoms with Crippen molar-refractivity contribution in [1.29, 1.82) is 0 Å². The summed E-state index contributed by atoms with van der Waals surface area (Å²) in [7, 11) is 0. The second-order valence-corrected chi connectivity index (χ2v) is 4.06. The van der Waals surface area contributed by atoms with E-state index >= 15 is 0 Å². The monoisotopic (exact) mass is 260 g/mol. The molecule has 1 aromatic carbocycles. The summed E-state index contributed by atoms with van der Waals surface area (Å²) in [5.74, 6) is 0.102. The number of aromatic nitrogens is 3.